The number of thioether (sulfide) groups is 1. The highest BCUT2D eigenvalue weighted by atomic mass is 32.2. The van der Waals surface area contributed by atoms with E-state index in [1.807, 2.05) is 94.9 Å². The zero-order valence-corrected chi connectivity index (χ0v) is 25.6. The summed E-state index contributed by atoms with van der Waals surface area (Å²) in [6, 6.07) is 30.6. The predicted molar refractivity (Wildman–Crippen MR) is 172 cm³/mol. The summed E-state index contributed by atoms with van der Waals surface area (Å²) in [6.07, 6.45) is 0.624. The van der Waals surface area contributed by atoms with Crippen molar-refractivity contribution in [3.8, 4) is 5.75 Å². The first-order valence-corrected chi connectivity index (χ1v) is 15.9. The van der Waals surface area contributed by atoms with Crippen molar-refractivity contribution < 1.29 is 14.3 Å². The predicted octanol–water partition coefficient (Wildman–Crippen LogP) is 5.80. The highest BCUT2D eigenvalue weighted by Gasteiger charge is 2.33. The van der Waals surface area contributed by atoms with Crippen LogP contribution in [-0.2, 0) is 17.9 Å². The first-order chi connectivity index (χ1) is 21.6. The lowest BCUT2D eigenvalue weighted by molar-refractivity contribution is -0.130. The van der Waals surface area contributed by atoms with E-state index in [9.17, 15) is 9.59 Å². The number of carbonyl (C=O) groups is 2. The van der Waals surface area contributed by atoms with Crippen LogP contribution in [0.4, 0.5) is 0 Å². The Hall–Kier alpha value is -4.74. The summed E-state index contributed by atoms with van der Waals surface area (Å²) in [7, 11) is 1.63. The van der Waals surface area contributed by atoms with Crippen LogP contribution >= 0.6 is 23.1 Å². The van der Waals surface area contributed by atoms with Crippen molar-refractivity contribution in [3.63, 3.8) is 0 Å². The normalized spacial score (nSPS) is 14.3. The molecule has 1 aliphatic rings. The molecule has 1 N–H and O–H groups in total. The second kappa shape index (κ2) is 13.7. The van der Waals surface area contributed by atoms with E-state index < -0.39 is 0 Å². The molecule has 2 aromatic heterocycles. The number of hydrogen-bond acceptors (Lipinski definition) is 8. The minimum Gasteiger partial charge on any atom is -0.497 e. The van der Waals surface area contributed by atoms with Crippen LogP contribution < -0.4 is 10.1 Å². The van der Waals surface area contributed by atoms with Crippen LogP contribution in [0.3, 0.4) is 0 Å². The van der Waals surface area contributed by atoms with Crippen LogP contribution in [0, 0.1) is 0 Å². The summed E-state index contributed by atoms with van der Waals surface area (Å²) in [5, 5.41) is 20.8. The fourth-order valence-corrected chi connectivity index (χ4v) is 6.47. The molecular weight excluding hydrogens is 593 g/mol. The van der Waals surface area contributed by atoms with E-state index in [1.165, 1.54) is 11.8 Å². The molecule has 1 atom stereocenters. The van der Waals surface area contributed by atoms with Gasteiger partial charge in [-0.3, -0.25) is 9.59 Å². The van der Waals surface area contributed by atoms with Gasteiger partial charge >= 0.3 is 0 Å². The van der Waals surface area contributed by atoms with Gasteiger partial charge in [0.2, 0.25) is 0 Å². The lowest BCUT2D eigenvalue weighted by Gasteiger charge is -2.22. The Bertz CT molecular complexity index is 1740. The van der Waals surface area contributed by atoms with Gasteiger partial charge in [-0.1, -0.05) is 78.5 Å². The van der Waals surface area contributed by atoms with Crippen LogP contribution in [0.25, 0.3) is 0 Å². The van der Waals surface area contributed by atoms with E-state index in [0.717, 1.165) is 27.5 Å². The molecule has 44 heavy (non-hydrogen) atoms. The fraction of sp³-hybridized carbons (Fsp3) is 0.182. The fourth-order valence-electron chi connectivity index (χ4n) is 4.94. The molecule has 5 aromatic rings. The van der Waals surface area contributed by atoms with Gasteiger partial charge in [0.25, 0.3) is 11.8 Å². The highest BCUT2D eigenvalue weighted by Crippen LogP contribution is 2.35. The lowest BCUT2D eigenvalue weighted by Crippen LogP contribution is -2.28. The smallest absolute Gasteiger partial charge is 0.253 e. The van der Waals surface area contributed by atoms with E-state index in [2.05, 4.69) is 15.5 Å². The molecule has 6 rings (SSSR count). The zero-order chi connectivity index (χ0) is 30.3. The Morgan fingerprint density at radius 1 is 0.955 bits per heavy atom. The Balaban J connectivity index is 1.21. The first-order valence-electron chi connectivity index (χ1n) is 14.1. The molecule has 222 valence electrons. The molecule has 0 saturated heterocycles. The van der Waals surface area contributed by atoms with Gasteiger partial charge < -0.3 is 14.6 Å². The van der Waals surface area contributed by atoms with Crippen molar-refractivity contribution in [2.45, 2.75) is 30.7 Å². The molecule has 0 spiro atoms. The van der Waals surface area contributed by atoms with E-state index in [0.29, 0.717) is 29.5 Å². The van der Waals surface area contributed by atoms with E-state index in [-0.39, 0.29) is 30.2 Å². The second-order valence-corrected chi connectivity index (χ2v) is 12.0. The lowest BCUT2D eigenvalue weighted by atomic mass is 10.0. The Morgan fingerprint density at radius 3 is 2.41 bits per heavy atom. The van der Waals surface area contributed by atoms with Gasteiger partial charge in [-0.2, -0.15) is 5.10 Å². The topological polar surface area (TPSA) is 102 Å². The SMILES string of the molecule is COc1ccc([C@H]2CC(c3cccs3)=NN2C(=O)CSc2nnc(CNC(=O)c3ccccc3)n2Cc2ccccc2)cc1. The second-order valence-electron chi connectivity index (χ2n) is 10.1. The standard InChI is InChI=1S/C33H30N6O3S2/c1-42-26-16-14-24(15-17-26)28-19-27(29-13-8-18-43-29)37-39(28)31(40)22-44-33-36-35-30(38(33)21-23-9-4-2-5-10-23)20-34-32(41)25-11-6-3-7-12-25/h2-18,28H,19-22H2,1H3,(H,34,41)/t28-/m1/s1. The molecule has 0 fully saturated rings. The van der Waals surface area contributed by atoms with E-state index in [4.69, 9.17) is 9.84 Å². The zero-order valence-electron chi connectivity index (χ0n) is 24.0. The third kappa shape index (κ3) is 6.74. The Morgan fingerprint density at radius 2 is 1.70 bits per heavy atom. The summed E-state index contributed by atoms with van der Waals surface area (Å²) < 4.78 is 7.28. The number of amides is 2. The average Bonchev–Trinajstić information content (AvgIpc) is 3.84. The number of aromatic nitrogens is 3. The summed E-state index contributed by atoms with van der Waals surface area (Å²) in [5.74, 6) is 1.16. The Kier molecular flexibility index (Phi) is 9.14. The maximum atomic E-state index is 13.8. The van der Waals surface area contributed by atoms with Crippen LogP contribution in [0.5, 0.6) is 5.75 Å². The van der Waals surface area contributed by atoms with Gasteiger partial charge in [-0.25, -0.2) is 5.01 Å². The number of nitrogens with zero attached hydrogens (tertiary/aromatic N) is 5. The number of carbonyl (C=O) groups excluding carboxylic acids is 2. The molecule has 0 saturated carbocycles. The number of thiophene rings is 1. The summed E-state index contributed by atoms with van der Waals surface area (Å²) in [6.45, 7) is 0.696. The molecule has 0 bridgehead atoms. The van der Waals surface area contributed by atoms with Gasteiger partial charge in [0, 0.05) is 12.0 Å². The van der Waals surface area contributed by atoms with Crippen molar-refractivity contribution in [1.29, 1.82) is 0 Å². The van der Waals surface area contributed by atoms with Crippen molar-refractivity contribution in [2.75, 3.05) is 12.9 Å². The highest BCUT2D eigenvalue weighted by molar-refractivity contribution is 7.99. The van der Waals surface area contributed by atoms with Gasteiger partial charge in [0.1, 0.15) is 5.75 Å². The van der Waals surface area contributed by atoms with Crippen LogP contribution in [0.1, 0.15) is 44.6 Å². The third-order valence-corrected chi connectivity index (χ3v) is 9.09. The number of nitrogens with one attached hydrogen (secondary N) is 1. The number of benzene rings is 3. The number of ether oxygens (including phenoxy) is 1. The minimum atomic E-state index is -0.225. The maximum absolute atomic E-state index is 13.8. The molecule has 0 aliphatic carbocycles. The van der Waals surface area contributed by atoms with E-state index in [1.54, 1.807) is 35.6 Å². The molecule has 2 amide bonds. The van der Waals surface area contributed by atoms with Crippen molar-refractivity contribution in [3.05, 3.63) is 130 Å². The minimum absolute atomic E-state index is 0.122. The van der Waals surface area contributed by atoms with Crippen LogP contribution in [0.15, 0.2) is 113 Å². The largest absolute Gasteiger partial charge is 0.497 e. The maximum Gasteiger partial charge on any atom is 0.253 e. The number of rotatable bonds is 11. The first kappa shape index (κ1) is 29.3. The summed E-state index contributed by atoms with van der Waals surface area (Å²) >= 11 is 2.93. The van der Waals surface area contributed by atoms with Gasteiger partial charge in [-0.15, -0.1) is 21.5 Å². The van der Waals surface area contributed by atoms with Crippen LogP contribution in [-0.4, -0.2) is 50.2 Å². The number of hydrogen-bond donors (Lipinski definition) is 1. The van der Waals surface area contributed by atoms with Crippen molar-refractivity contribution in [2.24, 2.45) is 5.10 Å². The van der Waals surface area contributed by atoms with Crippen LogP contribution in [0.2, 0.25) is 0 Å². The average molecular weight is 623 g/mol. The summed E-state index contributed by atoms with van der Waals surface area (Å²) in [4.78, 5) is 27.5. The third-order valence-electron chi connectivity index (χ3n) is 7.22. The monoisotopic (exact) mass is 622 g/mol. The molecular formula is C33H30N6O3S2. The molecule has 1 aliphatic heterocycles. The molecule has 0 radical (unpaired) electrons. The van der Waals surface area contributed by atoms with Crippen molar-refractivity contribution in [1.82, 2.24) is 25.1 Å². The Labute approximate surface area is 263 Å². The molecule has 9 nitrogen and oxygen atoms in total. The number of methoxy groups -OCH3 is 1. The number of hydrazone groups is 1. The van der Waals surface area contributed by atoms with E-state index >= 15 is 0 Å². The van der Waals surface area contributed by atoms with Gasteiger partial charge in [-0.05, 0) is 46.8 Å². The summed E-state index contributed by atoms with van der Waals surface area (Å²) in [5.41, 5.74) is 3.51. The van der Waals surface area contributed by atoms with Gasteiger partial charge in [0.15, 0.2) is 11.0 Å². The van der Waals surface area contributed by atoms with Crippen molar-refractivity contribution >= 4 is 40.6 Å². The quantitative estimate of drug-likeness (QED) is 0.187. The molecule has 11 heteroatoms. The molecule has 0 unspecified atom stereocenters. The van der Waals surface area contributed by atoms with Gasteiger partial charge in [0.05, 0.1) is 42.6 Å². The molecule has 3 heterocycles. The molecule has 3 aromatic carbocycles.